The van der Waals surface area contributed by atoms with E-state index in [2.05, 4.69) is 27.4 Å². The molecule has 5 heteroatoms. The molecule has 1 aromatic carbocycles. The van der Waals surface area contributed by atoms with Crippen LogP contribution < -0.4 is 14.8 Å². The summed E-state index contributed by atoms with van der Waals surface area (Å²) < 4.78 is 10.8. The maximum atomic E-state index is 5.55. The molecule has 5 nitrogen and oxygen atoms in total. The van der Waals surface area contributed by atoms with Crippen molar-refractivity contribution >= 4 is 0 Å². The number of rotatable bonds is 9. The smallest absolute Gasteiger partial charge is 0.235 e. The van der Waals surface area contributed by atoms with Gasteiger partial charge in [0.1, 0.15) is 0 Å². The van der Waals surface area contributed by atoms with E-state index in [9.17, 15) is 0 Å². The molecule has 0 aliphatic carbocycles. The second-order valence-corrected chi connectivity index (χ2v) is 4.49. The molecule has 0 bridgehead atoms. The van der Waals surface area contributed by atoms with E-state index < -0.39 is 0 Å². The molecule has 0 aliphatic heterocycles. The highest BCUT2D eigenvalue weighted by molar-refractivity contribution is 5.14. The maximum absolute atomic E-state index is 5.55. The molecule has 112 valence electrons. The van der Waals surface area contributed by atoms with Gasteiger partial charge in [-0.15, -0.1) is 0 Å². The average Bonchev–Trinajstić information content (AvgIpc) is 2.52. The highest BCUT2D eigenvalue weighted by Gasteiger charge is 2.00. The quantitative estimate of drug-likeness (QED) is 0.718. The van der Waals surface area contributed by atoms with Crippen molar-refractivity contribution in [1.82, 2.24) is 15.3 Å². The molecule has 1 N–H and O–H groups in total. The topological polar surface area (TPSA) is 56.3 Å². The molecule has 0 fully saturated rings. The fourth-order valence-corrected chi connectivity index (χ4v) is 1.82. The van der Waals surface area contributed by atoms with Crippen molar-refractivity contribution in [3.63, 3.8) is 0 Å². The van der Waals surface area contributed by atoms with Gasteiger partial charge < -0.3 is 14.8 Å². The van der Waals surface area contributed by atoms with Crippen LogP contribution in [0.2, 0.25) is 0 Å². The molecule has 1 aromatic heterocycles. The summed E-state index contributed by atoms with van der Waals surface area (Å²) in [5.74, 6) is 1.00. The molecule has 0 saturated heterocycles. The number of aromatic nitrogens is 2. The zero-order chi connectivity index (χ0) is 14.8. The van der Waals surface area contributed by atoms with Gasteiger partial charge in [-0.1, -0.05) is 30.3 Å². The van der Waals surface area contributed by atoms with Crippen LogP contribution in [0.25, 0.3) is 0 Å². The molecule has 0 atom stereocenters. The Balaban J connectivity index is 1.60. The van der Waals surface area contributed by atoms with Crippen molar-refractivity contribution in [1.29, 1.82) is 0 Å². The number of hydrogen-bond donors (Lipinski definition) is 1. The van der Waals surface area contributed by atoms with E-state index in [0.717, 1.165) is 19.5 Å². The van der Waals surface area contributed by atoms with Crippen LogP contribution in [0, 0.1) is 0 Å². The highest BCUT2D eigenvalue weighted by Crippen LogP contribution is 2.10. The summed E-state index contributed by atoms with van der Waals surface area (Å²) in [6.45, 7) is 4.86. The van der Waals surface area contributed by atoms with Crippen molar-refractivity contribution in [3.8, 4) is 11.8 Å². The van der Waals surface area contributed by atoms with Gasteiger partial charge in [-0.25, -0.2) is 0 Å². The number of ether oxygens (including phenoxy) is 2. The SMILES string of the molecule is CCOc1cncc(OCCCNCc2ccccc2)n1. The van der Waals surface area contributed by atoms with Gasteiger partial charge >= 0.3 is 0 Å². The van der Waals surface area contributed by atoms with E-state index in [4.69, 9.17) is 9.47 Å². The van der Waals surface area contributed by atoms with E-state index >= 15 is 0 Å². The van der Waals surface area contributed by atoms with Crippen LogP contribution in [0.5, 0.6) is 11.8 Å². The molecule has 21 heavy (non-hydrogen) atoms. The lowest BCUT2D eigenvalue weighted by atomic mass is 10.2. The second kappa shape index (κ2) is 8.92. The minimum atomic E-state index is 0.497. The second-order valence-electron chi connectivity index (χ2n) is 4.49. The van der Waals surface area contributed by atoms with E-state index in [1.54, 1.807) is 12.4 Å². The Morgan fingerprint density at radius 3 is 2.57 bits per heavy atom. The van der Waals surface area contributed by atoms with Crippen molar-refractivity contribution in [2.24, 2.45) is 0 Å². The van der Waals surface area contributed by atoms with Gasteiger partial charge in [-0.3, -0.25) is 4.98 Å². The van der Waals surface area contributed by atoms with Crippen LogP contribution in [0.3, 0.4) is 0 Å². The normalized spacial score (nSPS) is 10.3. The molecule has 1 heterocycles. The predicted molar refractivity (Wildman–Crippen MR) is 81.5 cm³/mol. The Morgan fingerprint density at radius 2 is 1.81 bits per heavy atom. The minimum Gasteiger partial charge on any atom is -0.477 e. The molecule has 0 saturated carbocycles. The van der Waals surface area contributed by atoms with E-state index in [0.29, 0.717) is 25.0 Å². The fourth-order valence-electron chi connectivity index (χ4n) is 1.82. The lowest BCUT2D eigenvalue weighted by Crippen LogP contribution is -2.17. The van der Waals surface area contributed by atoms with Crippen molar-refractivity contribution < 1.29 is 9.47 Å². The van der Waals surface area contributed by atoms with Gasteiger partial charge in [0.2, 0.25) is 11.8 Å². The van der Waals surface area contributed by atoms with Crippen LogP contribution in [0.4, 0.5) is 0 Å². The van der Waals surface area contributed by atoms with E-state index in [1.807, 2.05) is 25.1 Å². The summed E-state index contributed by atoms with van der Waals surface area (Å²) in [4.78, 5) is 8.23. The molecule has 2 rings (SSSR count). The lowest BCUT2D eigenvalue weighted by molar-refractivity contribution is 0.279. The summed E-state index contributed by atoms with van der Waals surface area (Å²) in [5.41, 5.74) is 1.29. The van der Waals surface area contributed by atoms with Crippen LogP contribution in [-0.4, -0.2) is 29.7 Å². The Hall–Kier alpha value is -2.14. The number of nitrogens with zero attached hydrogens (tertiary/aromatic N) is 2. The number of nitrogens with one attached hydrogen (secondary N) is 1. The number of hydrogen-bond acceptors (Lipinski definition) is 5. The minimum absolute atomic E-state index is 0.497. The van der Waals surface area contributed by atoms with Crippen LogP contribution in [0.1, 0.15) is 18.9 Å². The Bertz CT molecular complexity index is 520. The zero-order valence-corrected chi connectivity index (χ0v) is 12.3. The summed E-state index contributed by atoms with van der Waals surface area (Å²) in [6, 6.07) is 10.3. The van der Waals surface area contributed by atoms with E-state index in [-0.39, 0.29) is 0 Å². The first-order valence-electron chi connectivity index (χ1n) is 7.21. The standard InChI is InChI=1S/C16H21N3O2/c1-2-20-15-12-18-13-16(19-15)21-10-6-9-17-11-14-7-4-3-5-8-14/h3-5,7-8,12-13,17H,2,6,9-11H2,1H3. The van der Waals surface area contributed by atoms with Crippen molar-refractivity contribution in [3.05, 3.63) is 48.3 Å². The molecule has 0 aliphatic rings. The average molecular weight is 287 g/mol. The zero-order valence-electron chi connectivity index (χ0n) is 12.3. The molecule has 0 radical (unpaired) electrons. The molecule has 2 aromatic rings. The monoisotopic (exact) mass is 287 g/mol. The van der Waals surface area contributed by atoms with Gasteiger partial charge in [-0.2, -0.15) is 4.98 Å². The third kappa shape index (κ3) is 5.79. The first-order chi connectivity index (χ1) is 10.4. The molecule has 0 spiro atoms. The third-order valence-electron chi connectivity index (χ3n) is 2.80. The van der Waals surface area contributed by atoms with Gasteiger partial charge in [0, 0.05) is 6.54 Å². The molecular formula is C16H21N3O2. The van der Waals surface area contributed by atoms with Crippen LogP contribution in [0.15, 0.2) is 42.7 Å². The Morgan fingerprint density at radius 1 is 1.05 bits per heavy atom. The number of benzene rings is 1. The maximum Gasteiger partial charge on any atom is 0.235 e. The Labute approximate surface area is 125 Å². The summed E-state index contributed by atoms with van der Waals surface area (Å²) in [7, 11) is 0. The molecule has 0 amide bonds. The molecular weight excluding hydrogens is 266 g/mol. The van der Waals surface area contributed by atoms with Crippen molar-refractivity contribution in [2.45, 2.75) is 19.9 Å². The first-order valence-corrected chi connectivity index (χ1v) is 7.21. The lowest BCUT2D eigenvalue weighted by Gasteiger charge is -2.07. The summed E-state index contributed by atoms with van der Waals surface area (Å²) >= 11 is 0. The first kappa shape index (κ1) is 15.3. The van der Waals surface area contributed by atoms with Crippen LogP contribution >= 0.6 is 0 Å². The van der Waals surface area contributed by atoms with Crippen LogP contribution in [-0.2, 0) is 6.54 Å². The summed E-state index contributed by atoms with van der Waals surface area (Å²) in [5, 5.41) is 3.38. The van der Waals surface area contributed by atoms with Crippen molar-refractivity contribution in [2.75, 3.05) is 19.8 Å². The van der Waals surface area contributed by atoms with Gasteiger partial charge in [-0.05, 0) is 25.5 Å². The van der Waals surface area contributed by atoms with Gasteiger partial charge in [0.05, 0.1) is 25.6 Å². The Kier molecular flexibility index (Phi) is 6.48. The highest BCUT2D eigenvalue weighted by atomic mass is 16.5. The fraction of sp³-hybridized carbons (Fsp3) is 0.375. The molecule has 0 unspecified atom stereocenters. The van der Waals surface area contributed by atoms with E-state index in [1.165, 1.54) is 5.56 Å². The summed E-state index contributed by atoms with van der Waals surface area (Å²) in [6.07, 6.45) is 4.09. The predicted octanol–water partition coefficient (Wildman–Crippen LogP) is 2.43. The van der Waals surface area contributed by atoms with Gasteiger partial charge in [0.25, 0.3) is 0 Å². The van der Waals surface area contributed by atoms with Gasteiger partial charge in [0.15, 0.2) is 0 Å². The third-order valence-corrected chi connectivity index (χ3v) is 2.80. The largest absolute Gasteiger partial charge is 0.477 e.